The fraction of sp³-hybridized carbons (Fsp3) is 0.267. The summed E-state index contributed by atoms with van der Waals surface area (Å²) in [5.41, 5.74) is 0.510. The molecule has 0 radical (unpaired) electrons. The maximum absolute atomic E-state index is 12.5. The van der Waals surface area contributed by atoms with Gasteiger partial charge in [0.2, 0.25) is 10.0 Å². The predicted molar refractivity (Wildman–Crippen MR) is 83.1 cm³/mol. The Morgan fingerprint density at radius 1 is 0.957 bits per heavy atom. The van der Waals surface area contributed by atoms with Crippen molar-refractivity contribution in [3.05, 3.63) is 54.6 Å². The highest BCUT2D eigenvalue weighted by Crippen LogP contribution is 2.17. The Morgan fingerprint density at radius 3 is 2.17 bits per heavy atom. The van der Waals surface area contributed by atoms with Crippen LogP contribution in [0.3, 0.4) is 0 Å². The number of piperazine rings is 1. The van der Waals surface area contributed by atoms with Crippen LogP contribution in [-0.4, -0.2) is 59.7 Å². The molecule has 1 amide bonds. The smallest absolute Gasteiger partial charge is 0.255 e. The van der Waals surface area contributed by atoms with Gasteiger partial charge in [-0.2, -0.15) is 4.31 Å². The number of pyridine rings is 2. The number of aromatic nitrogens is 2. The Morgan fingerprint density at radius 2 is 1.61 bits per heavy atom. The molecule has 0 aromatic carbocycles. The van der Waals surface area contributed by atoms with Crippen molar-refractivity contribution in [3.63, 3.8) is 0 Å². The molecule has 2 aromatic rings. The predicted octanol–water partition coefficient (Wildman–Crippen LogP) is 0.623. The summed E-state index contributed by atoms with van der Waals surface area (Å²) in [6.07, 6.45) is 5.99. The van der Waals surface area contributed by atoms with Crippen molar-refractivity contribution in [1.29, 1.82) is 0 Å². The highest BCUT2D eigenvalue weighted by Gasteiger charge is 2.30. The van der Waals surface area contributed by atoms with Crippen LogP contribution >= 0.6 is 0 Å². The Balaban J connectivity index is 1.68. The van der Waals surface area contributed by atoms with Gasteiger partial charge < -0.3 is 4.90 Å². The van der Waals surface area contributed by atoms with Crippen molar-refractivity contribution >= 4 is 15.9 Å². The molecule has 2 aromatic heterocycles. The first-order valence-electron chi connectivity index (χ1n) is 7.18. The molecule has 8 heteroatoms. The Labute approximate surface area is 134 Å². The van der Waals surface area contributed by atoms with Crippen molar-refractivity contribution in [2.24, 2.45) is 0 Å². The zero-order valence-corrected chi connectivity index (χ0v) is 13.2. The van der Waals surface area contributed by atoms with Crippen LogP contribution in [0.1, 0.15) is 10.4 Å². The Hall–Kier alpha value is -2.32. The van der Waals surface area contributed by atoms with E-state index in [1.165, 1.54) is 29.0 Å². The van der Waals surface area contributed by atoms with Gasteiger partial charge >= 0.3 is 0 Å². The number of carbonyl (C=O) groups excluding carboxylic acids is 1. The first-order valence-corrected chi connectivity index (χ1v) is 8.62. The second kappa shape index (κ2) is 6.43. The van der Waals surface area contributed by atoms with Gasteiger partial charge in [-0.05, 0) is 24.3 Å². The molecule has 0 atom stereocenters. The summed E-state index contributed by atoms with van der Waals surface area (Å²) in [6, 6.07) is 6.52. The molecule has 0 N–H and O–H groups in total. The number of rotatable bonds is 3. The minimum absolute atomic E-state index is 0.128. The number of hydrogen-bond acceptors (Lipinski definition) is 5. The molecule has 0 spiro atoms. The van der Waals surface area contributed by atoms with Crippen LogP contribution in [-0.2, 0) is 10.0 Å². The van der Waals surface area contributed by atoms with Gasteiger partial charge in [0.05, 0.1) is 5.56 Å². The minimum atomic E-state index is -3.56. The SMILES string of the molecule is O=C(c1cccnc1)N1CCN(S(=O)(=O)c2cccnc2)CC1. The lowest BCUT2D eigenvalue weighted by Crippen LogP contribution is -2.50. The molecule has 0 unspecified atom stereocenters. The zero-order chi connectivity index (χ0) is 16.3. The third kappa shape index (κ3) is 3.22. The van der Waals surface area contributed by atoms with Crippen molar-refractivity contribution in [1.82, 2.24) is 19.2 Å². The highest BCUT2D eigenvalue weighted by molar-refractivity contribution is 7.89. The van der Waals surface area contributed by atoms with Crippen LogP contribution in [0.4, 0.5) is 0 Å². The van der Waals surface area contributed by atoms with Gasteiger partial charge in [-0.3, -0.25) is 14.8 Å². The molecule has 1 aliphatic heterocycles. The van der Waals surface area contributed by atoms with E-state index in [1.807, 2.05) is 0 Å². The topological polar surface area (TPSA) is 83.5 Å². The van der Waals surface area contributed by atoms with Crippen LogP contribution in [0.2, 0.25) is 0 Å². The summed E-state index contributed by atoms with van der Waals surface area (Å²) in [4.78, 5) is 21.9. The van der Waals surface area contributed by atoms with Gasteiger partial charge in [0.15, 0.2) is 0 Å². The number of nitrogens with zero attached hydrogens (tertiary/aromatic N) is 4. The van der Waals surface area contributed by atoms with Gasteiger partial charge in [-0.1, -0.05) is 0 Å². The molecule has 3 rings (SSSR count). The Bertz CT molecular complexity index is 773. The molecule has 23 heavy (non-hydrogen) atoms. The molecule has 120 valence electrons. The van der Waals surface area contributed by atoms with Crippen LogP contribution in [0, 0.1) is 0 Å². The Kier molecular flexibility index (Phi) is 4.35. The van der Waals surface area contributed by atoms with Crippen LogP contribution in [0.15, 0.2) is 53.9 Å². The van der Waals surface area contributed by atoms with E-state index in [1.54, 1.807) is 29.3 Å². The van der Waals surface area contributed by atoms with Crippen molar-refractivity contribution in [2.75, 3.05) is 26.2 Å². The fourth-order valence-corrected chi connectivity index (χ4v) is 3.84. The average Bonchev–Trinajstić information content (AvgIpc) is 2.63. The van der Waals surface area contributed by atoms with Gasteiger partial charge in [-0.15, -0.1) is 0 Å². The number of carbonyl (C=O) groups is 1. The van der Waals surface area contributed by atoms with Gasteiger partial charge in [0.25, 0.3) is 5.91 Å². The lowest BCUT2D eigenvalue weighted by atomic mass is 10.2. The standard InChI is InChI=1S/C15H16N4O3S/c20-15(13-3-1-5-16-11-13)18-7-9-19(10-8-18)23(21,22)14-4-2-6-17-12-14/h1-6,11-12H,7-10H2. The molecule has 1 fully saturated rings. The summed E-state index contributed by atoms with van der Waals surface area (Å²) >= 11 is 0. The van der Waals surface area contributed by atoms with E-state index in [2.05, 4.69) is 9.97 Å². The van der Waals surface area contributed by atoms with Crippen molar-refractivity contribution in [3.8, 4) is 0 Å². The van der Waals surface area contributed by atoms with Gasteiger partial charge in [-0.25, -0.2) is 8.42 Å². The van der Waals surface area contributed by atoms with E-state index in [9.17, 15) is 13.2 Å². The summed E-state index contributed by atoms with van der Waals surface area (Å²) in [6.45, 7) is 1.24. The molecular formula is C15H16N4O3S. The van der Waals surface area contributed by atoms with E-state index < -0.39 is 10.0 Å². The molecule has 0 bridgehead atoms. The monoisotopic (exact) mass is 332 g/mol. The third-order valence-corrected chi connectivity index (χ3v) is 5.59. The molecule has 1 aliphatic rings. The molecular weight excluding hydrogens is 316 g/mol. The first kappa shape index (κ1) is 15.6. The normalized spacial score (nSPS) is 16.3. The van der Waals surface area contributed by atoms with Crippen molar-refractivity contribution < 1.29 is 13.2 Å². The fourth-order valence-electron chi connectivity index (χ4n) is 2.45. The highest BCUT2D eigenvalue weighted by atomic mass is 32.2. The second-order valence-electron chi connectivity index (χ2n) is 5.13. The first-order chi connectivity index (χ1) is 11.1. The van der Waals surface area contributed by atoms with E-state index in [0.29, 0.717) is 18.7 Å². The molecule has 0 aliphatic carbocycles. The zero-order valence-electron chi connectivity index (χ0n) is 12.4. The van der Waals surface area contributed by atoms with E-state index in [4.69, 9.17) is 0 Å². The molecule has 0 saturated carbocycles. The summed E-state index contributed by atoms with van der Waals surface area (Å²) in [5, 5.41) is 0. The molecule has 3 heterocycles. The second-order valence-corrected chi connectivity index (χ2v) is 7.06. The van der Waals surface area contributed by atoms with Gasteiger partial charge in [0, 0.05) is 51.0 Å². The largest absolute Gasteiger partial charge is 0.336 e. The lowest BCUT2D eigenvalue weighted by Gasteiger charge is -2.33. The quantitative estimate of drug-likeness (QED) is 0.823. The van der Waals surface area contributed by atoms with E-state index in [0.717, 1.165) is 0 Å². The molecule has 1 saturated heterocycles. The molecule has 7 nitrogen and oxygen atoms in total. The average molecular weight is 332 g/mol. The van der Waals surface area contributed by atoms with Crippen LogP contribution in [0.5, 0.6) is 0 Å². The number of sulfonamides is 1. The number of hydrogen-bond donors (Lipinski definition) is 0. The summed E-state index contributed by atoms with van der Waals surface area (Å²) in [5.74, 6) is -0.128. The van der Waals surface area contributed by atoms with E-state index in [-0.39, 0.29) is 23.9 Å². The maximum atomic E-state index is 12.5. The van der Waals surface area contributed by atoms with Crippen LogP contribution in [0.25, 0.3) is 0 Å². The van der Waals surface area contributed by atoms with Gasteiger partial charge in [0.1, 0.15) is 4.90 Å². The third-order valence-electron chi connectivity index (χ3n) is 3.71. The van der Waals surface area contributed by atoms with Crippen molar-refractivity contribution in [2.45, 2.75) is 4.90 Å². The van der Waals surface area contributed by atoms with Crippen LogP contribution < -0.4 is 0 Å². The van der Waals surface area contributed by atoms with E-state index >= 15 is 0 Å². The minimum Gasteiger partial charge on any atom is -0.336 e. The number of amides is 1. The maximum Gasteiger partial charge on any atom is 0.255 e. The lowest BCUT2D eigenvalue weighted by molar-refractivity contribution is 0.0697. The summed E-state index contributed by atoms with van der Waals surface area (Å²) in [7, 11) is -3.56. The summed E-state index contributed by atoms with van der Waals surface area (Å²) < 4.78 is 26.4.